The normalized spacial score (nSPS) is 12.1. The van der Waals surface area contributed by atoms with Crippen LogP contribution < -0.4 is 0 Å². The molecule has 2 rings (SSSR count). The Kier molecular flexibility index (Phi) is 2.95. The third kappa shape index (κ3) is 2.08. The molecule has 0 unspecified atom stereocenters. The predicted octanol–water partition coefficient (Wildman–Crippen LogP) is 2.76. The molecule has 5 heteroatoms. The number of hydrogen-bond donors (Lipinski definition) is 1. The molecular weight excluding hydrogens is 246 g/mol. The molecule has 0 saturated carbocycles. The molecule has 1 aromatic heterocycles. The lowest BCUT2D eigenvalue weighted by molar-refractivity contribution is 0.596. The molecule has 0 aliphatic carbocycles. The number of para-hydroxylation sites is 1. The molecule has 1 heterocycles. The molecule has 0 spiro atoms. The van der Waals surface area contributed by atoms with Crippen molar-refractivity contribution in [2.24, 2.45) is 0 Å². The van der Waals surface area contributed by atoms with E-state index in [2.05, 4.69) is 4.98 Å². The number of rotatable bonds is 3. The maximum Gasteiger partial charge on any atom is 0.154 e. The van der Waals surface area contributed by atoms with Crippen LogP contribution in [0.15, 0.2) is 24.4 Å². The fourth-order valence-corrected chi connectivity index (χ4v) is 2.78. The number of benzene rings is 1. The van der Waals surface area contributed by atoms with E-state index in [9.17, 15) is 8.42 Å². The second kappa shape index (κ2) is 4.11. The minimum absolute atomic E-state index is 0.0594. The zero-order valence-corrected chi connectivity index (χ0v) is 10.4. The number of nitrogens with one attached hydrogen (secondary N) is 1. The van der Waals surface area contributed by atoms with Crippen LogP contribution in [0, 0.1) is 0 Å². The molecule has 0 atom stereocenters. The summed E-state index contributed by atoms with van der Waals surface area (Å²) in [5.74, 6) is 0.212. The van der Waals surface area contributed by atoms with Crippen molar-refractivity contribution in [2.75, 3.05) is 5.75 Å². The highest BCUT2D eigenvalue weighted by atomic mass is 35.5. The SMILES string of the molecule is CCS(=O)(=O)Cc1c[nH]c2c(Cl)cccc12. The van der Waals surface area contributed by atoms with Gasteiger partial charge in [0.25, 0.3) is 0 Å². The number of H-pyrrole nitrogens is 1. The summed E-state index contributed by atoms with van der Waals surface area (Å²) in [6.45, 7) is 1.65. The van der Waals surface area contributed by atoms with Crippen LogP contribution in [0.2, 0.25) is 5.02 Å². The highest BCUT2D eigenvalue weighted by molar-refractivity contribution is 7.90. The second-order valence-corrected chi connectivity index (χ2v) is 6.41. The van der Waals surface area contributed by atoms with E-state index in [0.29, 0.717) is 5.02 Å². The van der Waals surface area contributed by atoms with E-state index in [0.717, 1.165) is 16.5 Å². The first-order chi connectivity index (χ1) is 7.53. The highest BCUT2D eigenvalue weighted by Crippen LogP contribution is 2.26. The first-order valence-corrected chi connectivity index (χ1v) is 7.18. The summed E-state index contributed by atoms with van der Waals surface area (Å²) >= 11 is 5.99. The Morgan fingerprint density at radius 2 is 2.12 bits per heavy atom. The lowest BCUT2D eigenvalue weighted by Crippen LogP contribution is -2.05. The van der Waals surface area contributed by atoms with E-state index in [1.807, 2.05) is 12.1 Å². The van der Waals surface area contributed by atoms with Crippen LogP contribution in [0.1, 0.15) is 12.5 Å². The zero-order chi connectivity index (χ0) is 11.8. The average molecular weight is 258 g/mol. The third-order valence-electron chi connectivity index (χ3n) is 2.57. The Labute approximate surface area is 99.3 Å². The van der Waals surface area contributed by atoms with Gasteiger partial charge in [0.05, 0.1) is 16.3 Å². The topological polar surface area (TPSA) is 49.9 Å². The molecule has 86 valence electrons. The van der Waals surface area contributed by atoms with Gasteiger partial charge in [-0.05, 0) is 11.6 Å². The van der Waals surface area contributed by atoms with Crippen molar-refractivity contribution in [1.82, 2.24) is 4.98 Å². The molecule has 1 aromatic carbocycles. The summed E-state index contributed by atoms with van der Waals surface area (Å²) in [4.78, 5) is 3.01. The summed E-state index contributed by atoms with van der Waals surface area (Å²) in [6, 6.07) is 5.47. The summed E-state index contributed by atoms with van der Waals surface area (Å²) in [6.07, 6.45) is 1.71. The van der Waals surface area contributed by atoms with Gasteiger partial charge in [0, 0.05) is 17.3 Å². The summed E-state index contributed by atoms with van der Waals surface area (Å²) in [7, 11) is -3.01. The maximum atomic E-state index is 11.5. The Balaban J connectivity index is 2.51. The van der Waals surface area contributed by atoms with Crippen molar-refractivity contribution >= 4 is 32.3 Å². The molecule has 0 bridgehead atoms. The predicted molar refractivity (Wildman–Crippen MR) is 66.5 cm³/mol. The molecule has 16 heavy (non-hydrogen) atoms. The van der Waals surface area contributed by atoms with E-state index >= 15 is 0 Å². The molecule has 0 saturated heterocycles. The van der Waals surface area contributed by atoms with Gasteiger partial charge in [-0.2, -0.15) is 0 Å². The van der Waals surface area contributed by atoms with E-state index in [1.54, 1.807) is 19.2 Å². The van der Waals surface area contributed by atoms with Gasteiger partial charge in [0.15, 0.2) is 9.84 Å². The van der Waals surface area contributed by atoms with Gasteiger partial charge in [0.1, 0.15) is 0 Å². The van der Waals surface area contributed by atoms with Gasteiger partial charge < -0.3 is 4.98 Å². The molecule has 1 N–H and O–H groups in total. The summed E-state index contributed by atoms with van der Waals surface area (Å²) in [5, 5.41) is 1.49. The second-order valence-electron chi connectivity index (χ2n) is 3.65. The minimum atomic E-state index is -3.01. The summed E-state index contributed by atoms with van der Waals surface area (Å²) < 4.78 is 23.1. The van der Waals surface area contributed by atoms with Crippen LogP contribution in [0.3, 0.4) is 0 Å². The first-order valence-electron chi connectivity index (χ1n) is 4.98. The summed E-state index contributed by atoms with van der Waals surface area (Å²) in [5.41, 5.74) is 1.57. The van der Waals surface area contributed by atoms with Gasteiger partial charge in [0.2, 0.25) is 0 Å². The van der Waals surface area contributed by atoms with Crippen molar-refractivity contribution in [1.29, 1.82) is 0 Å². The van der Waals surface area contributed by atoms with Crippen molar-refractivity contribution in [3.05, 3.63) is 35.0 Å². The Morgan fingerprint density at radius 1 is 1.38 bits per heavy atom. The average Bonchev–Trinajstić information content (AvgIpc) is 2.63. The van der Waals surface area contributed by atoms with Gasteiger partial charge >= 0.3 is 0 Å². The Morgan fingerprint density at radius 3 is 2.81 bits per heavy atom. The number of aromatic amines is 1. The molecule has 2 aromatic rings. The van der Waals surface area contributed by atoms with Crippen LogP contribution in [-0.4, -0.2) is 19.2 Å². The number of fused-ring (bicyclic) bond motifs is 1. The minimum Gasteiger partial charge on any atom is -0.360 e. The Hall–Kier alpha value is -1.00. The molecule has 0 amide bonds. The first kappa shape index (κ1) is 11.5. The van der Waals surface area contributed by atoms with Crippen LogP contribution in [0.4, 0.5) is 0 Å². The number of sulfone groups is 1. The van der Waals surface area contributed by atoms with E-state index in [-0.39, 0.29) is 11.5 Å². The van der Waals surface area contributed by atoms with Crippen molar-refractivity contribution in [3.8, 4) is 0 Å². The van der Waals surface area contributed by atoms with Crippen molar-refractivity contribution in [2.45, 2.75) is 12.7 Å². The fraction of sp³-hybridized carbons (Fsp3) is 0.273. The quantitative estimate of drug-likeness (QED) is 0.919. The number of hydrogen-bond acceptors (Lipinski definition) is 2. The smallest absolute Gasteiger partial charge is 0.154 e. The van der Waals surface area contributed by atoms with Gasteiger partial charge in [-0.1, -0.05) is 30.7 Å². The van der Waals surface area contributed by atoms with E-state index < -0.39 is 9.84 Å². The molecule has 3 nitrogen and oxygen atoms in total. The van der Waals surface area contributed by atoms with Crippen LogP contribution in [0.5, 0.6) is 0 Å². The highest BCUT2D eigenvalue weighted by Gasteiger charge is 2.13. The van der Waals surface area contributed by atoms with Gasteiger partial charge in [-0.15, -0.1) is 0 Å². The molecule has 0 aliphatic rings. The van der Waals surface area contributed by atoms with E-state index in [1.165, 1.54) is 0 Å². The standard InChI is InChI=1S/C11H12ClNO2S/c1-2-16(14,15)7-8-6-13-11-9(8)4-3-5-10(11)12/h3-6,13H,2,7H2,1H3. The molecule has 0 fully saturated rings. The van der Waals surface area contributed by atoms with Crippen molar-refractivity contribution in [3.63, 3.8) is 0 Å². The van der Waals surface area contributed by atoms with Gasteiger partial charge in [-0.25, -0.2) is 8.42 Å². The van der Waals surface area contributed by atoms with Crippen LogP contribution >= 0.6 is 11.6 Å². The van der Waals surface area contributed by atoms with E-state index in [4.69, 9.17) is 11.6 Å². The Bertz CT molecular complexity index is 616. The monoisotopic (exact) mass is 257 g/mol. The van der Waals surface area contributed by atoms with Crippen molar-refractivity contribution < 1.29 is 8.42 Å². The van der Waals surface area contributed by atoms with Gasteiger partial charge in [-0.3, -0.25) is 0 Å². The number of halogens is 1. The lowest BCUT2D eigenvalue weighted by atomic mass is 10.2. The van der Waals surface area contributed by atoms with Crippen LogP contribution in [-0.2, 0) is 15.6 Å². The fourth-order valence-electron chi connectivity index (χ4n) is 1.63. The maximum absolute atomic E-state index is 11.5. The molecule has 0 radical (unpaired) electrons. The largest absolute Gasteiger partial charge is 0.360 e. The molecule has 0 aliphatic heterocycles. The number of aromatic nitrogens is 1. The lowest BCUT2D eigenvalue weighted by Gasteiger charge is -2.00. The third-order valence-corrected chi connectivity index (χ3v) is 4.51. The van der Waals surface area contributed by atoms with Crippen LogP contribution in [0.25, 0.3) is 10.9 Å². The molecular formula is C11H12ClNO2S. The zero-order valence-electron chi connectivity index (χ0n) is 8.83.